The van der Waals surface area contributed by atoms with E-state index in [2.05, 4.69) is 5.32 Å². The predicted octanol–water partition coefficient (Wildman–Crippen LogP) is 3.79. The molecule has 0 aliphatic heterocycles. The van der Waals surface area contributed by atoms with E-state index in [4.69, 9.17) is 21.1 Å². The van der Waals surface area contributed by atoms with E-state index in [1.807, 2.05) is 0 Å². The van der Waals surface area contributed by atoms with E-state index in [0.717, 1.165) is 0 Å². The number of nitrogens with one attached hydrogen (secondary N) is 1. The highest BCUT2D eigenvalue weighted by Crippen LogP contribution is 2.36. The fourth-order valence-corrected chi connectivity index (χ4v) is 4.01. The van der Waals surface area contributed by atoms with Gasteiger partial charge in [0.05, 0.1) is 36.4 Å². The molecule has 0 saturated heterocycles. The topological polar surface area (TPSA) is 84.9 Å². The number of hydrogen-bond donors (Lipinski definition) is 1. The van der Waals surface area contributed by atoms with Crippen LogP contribution in [-0.2, 0) is 10.0 Å². The first kappa shape index (κ1) is 21.8. The van der Waals surface area contributed by atoms with Crippen LogP contribution >= 0.6 is 11.6 Å². The first-order valence-corrected chi connectivity index (χ1v) is 10.6. The summed E-state index contributed by atoms with van der Waals surface area (Å²) in [6, 6.07) is 9.46. The molecule has 0 spiro atoms. The van der Waals surface area contributed by atoms with Crippen molar-refractivity contribution in [3.8, 4) is 11.5 Å². The van der Waals surface area contributed by atoms with Crippen LogP contribution in [0.25, 0.3) is 0 Å². The van der Waals surface area contributed by atoms with E-state index >= 15 is 0 Å². The van der Waals surface area contributed by atoms with Gasteiger partial charge in [-0.05, 0) is 38.1 Å². The van der Waals surface area contributed by atoms with Gasteiger partial charge in [0.25, 0.3) is 5.91 Å². The smallest absolute Gasteiger partial charge is 0.255 e. The van der Waals surface area contributed by atoms with Crippen LogP contribution in [0.2, 0.25) is 5.02 Å². The Morgan fingerprint density at radius 1 is 1.07 bits per heavy atom. The van der Waals surface area contributed by atoms with Crippen molar-refractivity contribution < 1.29 is 22.7 Å². The zero-order valence-electron chi connectivity index (χ0n) is 16.2. The summed E-state index contributed by atoms with van der Waals surface area (Å²) in [5.41, 5.74) is 1.28. The lowest BCUT2D eigenvalue weighted by atomic mass is 10.2. The Kier molecular flexibility index (Phi) is 7.15. The molecular formula is C19H23ClN2O5S. The molecule has 2 aromatic rings. The first-order chi connectivity index (χ1) is 13.3. The summed E-state index contributed by atoms with van der Waals surface area (Å²) in [5, 5.41) is 3.11. The van der Waals surface area contributed by atoms with Crippen molar-refractivity contribution in [1.82, 2.24) is 0 Å². The Labute approximate surface area is 170 Å². The van der Waals surface area contributed by atoms with Gasteiger partial charge in [-0.2, -0.15) is 0 Å². The maximum absolute atomic E-state index is 12.6. The molecule has 0 radical (unpaired) electrons. The molecule has 0 aliphatic carbocycles. The predicted molar refractivity (Wildman–Crippen MR) is 111 cm³/mol. The lowest BCUT2D eigenvalue weighted by Gasteiger charge is -2.22. The standard InChI is InChI=1S/C19H23ClN2O5S/c1-5-22(28(24,25)6-2)14-9-7-13(8-10-14)19(23)21-16-12-17(26-3)15(20)11-18(16)27-4/h7-12H,5-6H2,1-4H3,(H,21,23). The highest BCUT2D eigenvalue weighted by atomic mass is 35.5. The molecule has 152 valence electrons. The van der Waals surface area contributed by atoms with E-state index in [1.165, 1.54) is 18.5 Å². The van der Waals surface area contributed by atoms with Crippen molar-refractivity contribution in [1.29, 1.82) is 0 Å². The second-order valence-corrected chi connectivity index (χ2v) is 8.34. The fraction of sp³-hybridized carbons (Fsp3) is 0.316. The van der Waals surface area contributed by atoms with Gasteiger partial charge in [0.15, 0.2) is 0 Å². The van der Waals surface area contributed by atoms with Crippen LogP contribution < -0.4 is 19.1 Å². The van der Waals surface area contributed by atoms with E-state index in [-0.39, 0.29) is 11.7 Å². The number of hydrogen-bond acceptors (Lipinski definition) is 5. The minimum atomic E-state index is -3.38. The number of anilines is 2. The minimum Gasteiger partial charge on any atom is -0.495 e. The van der Waals surface area contributed by atoms with Crippen molar-refractivity contribution in [2.75, 3.05) is 36.1 Å². The Morgan fingerprint density at radius 2 is 1.68 bits per heavy atom. The summed E-state index contributed by atoms with van der Waals surface area (Å²) in [5.74, 6) is 0.412. The molecule has 1 N–H and O–H groups in total. The van der Waals surface area contributed by atoms with Gasteiger partial charge in [0.1, 0.15) is 11.5 Å². The molecule has 2 aromatic carbocycles. The van der Waals surface area contributed by atoms with Crippen molar-refractivity contribution >= 4 is 38.9 Å². The van der Waals surface area contributed by atoms with E-state index in [1.54, 1.807) is 50.2 Å². The lowest BCUT2D eigenvalue weighted by Crippen LogP contribution is -2.32. The Morgan fingerprint density at radius 3 is 2.18 bits per heavy atom. The minimum absolute atomic E-state index is 0.00126. The van der Waals surface area contributed by atoms with E-state index < -0.39 is 10.0 Å². The Balaban J connectivity index is 2.27. The number of carbonyl (C=O) groups excluding carboxylic acids is 1. The molecule has 0 aromatic heterocycles. The van der Waals surface area contributed by atoms with Crippen LogP contribution in [0.3, 0.4) is 0 Å². The van der Waals surface area contributed by atoms with Gasteiger partial charge in [-0.15, -0.1) is 0 Å². The van der Waals surface area contributed by atoms with Crippen molar-refractivity contribution in [3.05, 3.63) is 47.0 Å². The molecule has 0 aliphatic rings. The maximum atomic E-state index is 12.6. The molecule has 1 amide bonds. The van der Waals surface area contributed by atoms with Crippen molar-refractivity contribution in [2.45, 2.75) is 13.8 Å². The molecule has 0 atom stereocenters. The number of benzene rings is 2. The van der Waals surface area contributed by atoms with Crippen LogP contribution in [0.1, 0.15) is 24.2 Å². The van der Waals surface area contributed by atoms with Gasteiger partial charge in [-0.3, -0.25) is 9.10 Å². The molecule has 0 saturated carbocycles. The molecule has 28 heavy (non-hydrogen) atoms. The fourth-order valence-electron chi connectivity index (χ4n) is 2.63. The monoisotopic (exact) mass is 426 g/mol. The highest BCUT2D eigenvalue weighted by molar-refractivity contribution is 7.92. The summed E-state index contributed by atoms with van der Waals surface area (Å²) in [6.45, 7) is 3.66. The molecule has 0 unspecified atom stereocenters. The Bertz CT molecular complexity index is 946. The van der Waals surface area contributed by atoms with Gasteiger partial charge in [-0.25, -0.2) is 8.42 Å². The average Bonchev–Trinajstić information content (AvgIpc) is 2.69. The maximum Gasteiger partial charge on any atom is 0.255 e. The van der Waals surface area contributed by atoms with Gasteiger partial charge < -0.3 is 14.8 Å². The molecule has 2 rings (SSSR count). The zero-order valence-corrected chi connectivity index (χ0v) is 17.7. The average molecular weight is 427 g/mol. The number of rotatable bonds is 8. The van der Waals surface area contributed by atoms with Crippen LogP contribution in [0.15, 0.2) is 36.4 Å². The van der Waals surface area contributed by atoms with E-state index in [9.17, 15) is 13.2 Å². The summed E-state index contributed by atoms with van der Waals surface area (Å²) < 4.78 is 36.0. The Hall–Kier alpha value is -2.45. The number of methoxy groups -OCH3 is 2. The summed E-state index contributed by atoms with van der Waals surface area (Å²) in [7, 11) is -0.434. The summed E-state index contributed by atoms with van der Waals surface area (Å²) >= 11 is 6.07. The zero-order chi connectivity index (χ0) is 20.9. The quantitative estimate of drug-likeness (QED) is 0.694. The number of carbonyl (C=O) groups is 1. The molecule has 0 heterocycles. The molecule has 0 fully saturated rings. The summed E-state index contributed by atoms with van der Waals surface area (Å²) in [4.78, 5) is 12.6. The lowest BCUT2D eigenvalue weighted by molar-refractivity contribution is 0.102. The highest BCUT2D eigenvalue weighted by Gasteiger charge is 2.19. The van der Waals surface area contributed by atoms with E-state index in [0.29, 0.717) is 40.0 Å². The van der Waals surface area contributed by atoms with Gasteiger partial charge >= 0.3 is 0 Å². The number of halogens is 1. The number of amides is 1. The molecule has 0 bridgehead atoms. The number of nitrogens with zero attached hydrogens (tertiary/aromatic N) is 1. The molecule has 9 heteroatoms. The van der Waals surface area contributed by atoms with Crippen LogP contribution in [-0.4, -0.2) is 40.8 Å². The third kappa shape index (κ3) is 4.69. The largest absolute Gasteiger partial charge is 0.495 e. The van der Waals surface area contributed by atoms with Gasteiger partial charge in [0, 0.05) is 24.2 Å². The third-order valence-electron chi connectivity index (χ3n) is 4.13. The van der Waals surface area contributed by atoms with Gasteiger partial charge in [-0.1, -0.05) is 11.6 Å². The van der Waals surface area contributed by atoms with Crippen molar-refractivity contribution in [2.24, 2.45) is 0 Å². The first-order valence-electron chi connectivity index (χ1n) is 8.60. The van der Waals surface area contributed by atoms with Crippen LogP contribution in [0, 0.1) is 0 Å². The third-order valence-corrected chi connectivity index (χ3v) is 6.29. The van der Waals surface area contributed by atoms with Crippen LogP contribution in [0.4, 0.5) is 11.4 Å². The SMILES string of the molecule is CCN(c1ccc(C(=O)Nc2cc(OC)c(Cl)cc2OC)cc1)S(=O)(=O)CC. The van der Waals surface area contributed by atoms with Gasteiger partial charge in [0.2, 0.25) is 10.0 Å². The normalized spacial score (nSPS) is 11.0. The molecular weight excluding hydrogens is 404 g/mol. The number of ether oxygens (including phenoxy) is 2. The second kappa shape index (κ2) is 9.16. The number of sulfonamides is 1. The summed E-state index contributed by atoms with van der Waals surface area (Å²) in [6.07, 6.45) is 0. The van der Waals surface area contributed by atoms with Crippen molar-refractivity contribution in [3.63, 3.8) is 0 Å². The second-order valence-electron chi connectivity index (χ2n) is 5.75. The molecule has 7 nitrogen and oxygen atoms in total. The van der Waals surface area contributed by atoms with Crippen LogP contribution in [0.5, 0.6) is 11.5 Å².